The van der Waals surface area contributed by atoms with E-state index in [9.17, 15) is 9.18 Å². The number of halogens is 1. The second kappa shape index (κ2) is 6.44. The quantitative estimate of drug-likeness (QED) is 0.691. The number of carbonyl (C=O) groups excluding carboxylic acids is 1. The number of aryl methyl sites for hydroxylation is 1. The van der Waals surface area contributed by atoms with Crippen LogP contribution >= 0.6 is 0 Å². The first kappa shape index (κ1) is 15.0. The molecule has 0 unspecified atom stereocenters. The van der Waals surface area contributed by atoms with Gasteiger partial charge in [0.1, 0.15) is 12.4 Å². The Bertz CT molecular complexity index is 808. The summed E-state index contributed by atoms with van der Waals surface area (Å²) >= 11 is 0. The van der Waals surface area contributed by atoms with Crippen LogP contribution in [0.1, 0.15) is 21.6 Å². The third-order valence-corrected chi connectivity index (χ3v) is 3.46. The first-order chi connectivity index (χ1) is 11.1. The minimum absolute atomic E-state index is 0.110. The number of aromatic nitrogens is 2. The van der Waals surface area contributed by atoms with Gasteiger partial charge in [0, 0.05) is 11.9 Å². The lowest BCUT2D eigenvalue weighted by Gasteiger charge is -2.07. The Labute approximate surface area is 133 Å². The summed E-state index contributed by atoms with van der Waals surface area (Å²) in [5.74, 6) is -0.734. The third kappa shape index (κ3) is 3.45. The number of rotatable bonds is 4. The number of hydrogen-bond acceptors (Lipinski definition) is 3. The Kier molecular flexibility index (Phi) is 4.19. The van der Waals surface area contributed by atoms with Crippen molar-refractivity contribution < 1.29 is 13.9 Å². The number of ether oxygens (including phenoxy) is 1. The van der Waals surface area contributed by atoms with Crippen LogP contribution < -0.4 is 0 Å². The number of hydrogen-bond donors (Lipinski definition) is 0. The molecule has 1 heterocycles. The van der Waals surface area contributed by atoms with Gasteiger partial charge in [-0.1, -0.05) is 12.1 Å². The molecule has 0 atom stereocenters. The molecule has 3 aromatic rings. The highest BCUT2D eigenvalue weighted by Gasteiger charge is 2.08. The summed E-state index contributed by atoms with van der Waals surface area (Å²) in [5, 5.41) is 4.21. The van der Waals surface area contributed by atoms with Crippen molar-refractivity contribution in [3.8, 4) is 5.69 Å². The number of nitrogens with zero attached hydrogens (tertiary/aromatic N) is 2. The lowest BCUT2D eigenvalue weighted by Crippen LogP contribution is -2.06. The Hall–Kier alpha value is -2.95. The first-order valence-corrected chi connectivity index (χ1v) is 7.16. The largest absolute Gasteiger partial charge is 0.457 e. The van der Waals surface area contributed by atoms with Crippen molar-refractivity contribution in [1.82, 2.24) is 9.78 Å². The zero-order valence-corrected chi connectivity index (χ0v) is 12.6. The molecule has 0 fully saturated rings. The van der Waals surface area contributed by atoms with Crippen LogP contribution in [0.15, 0.2) is 60.8 Å². The highest BCUT2D eigenvalue weighted by Crippen LogP contribution is 2.13. The molecule has 0 aliphatic rings. The van der Waals surface area contributed by atoms with Crippen LogP contribution in [0.25, 0.3) is 5.69 Å². The molecular weight excluding hydrogens is 295 g/mol. The highest BCUT2D eigenvalue weighted by molar-refractivity contribution is 5.89. The van der Waals surface area contributed by atoms with Gasteiger partial charge in [-0.3, -0.25) is 0 Å². The van der Waals surface area contributed by atoms with E-state index in [1.807, 2.05) is 25.1 Å². The topological polar surface area (TPSA) is 44.1 Å². The van der Waals surface area contributed by atoms with E-state index in [4.69, 9.17) is 4.74 Å². The van der Waals surface area contributed by atoms with Gasteiger partial charge in [0.2, 0.25) is 0 Å². The smallest absolute Gasteiger partial charge is 0.338 e. The summed E-state index contributed by atoms with van der Waals surface area (Å²) in [7, 11) is 0. The zero-order valence-electron chi connectivity index (χ0n) is 12.6. The minimum atomic E-state index is -0.418. The molecule has 0 bridgehead atoms. The minimum Gasteiger partial charge on any atom is -0.457 e. The SMILES string of the molecule is Cc1ccnn1-c1ccc(C(=O)OCc2ccc(F)cc2)cc1. The van der Waals surface area contributed by atoms with Crippen LogP contribution in [-0.2, 0) is 11.3 Å². The van der Waals surface area contributed by atoms with Crippen molar-refractivity contribution in [2.24, 2.45) is 0 Å². The van der Waals surface area contributed by atoms with Crippen molar-refractivity contribution in [2.45, 2.75) is 13.5 Å². The van der Waals surface area contributed by atoms with Gasteiger partial charge < -0.3 is 4.74 Å². The van der Waals surface area contributed by atoms with Gasteiger partial charge in [0.15, 0.2) is 0 Å². The summed E-state index contributed by atoms with van der Waals surface area (Å²) in [4.78, 5) is 12.0. The molecule has 0 spiro atoms. The van der Waals surface area contributed by atoms with Crippen LogP contribution in [0.5, 0.6) is 0 Å². The average Bonchev–Trinajstić information content (AvgIpc) is 3.00. The van der Waals surface area contributed by atoms with E-state index >= 15 is 0 Å². The Morgan fingerprint density at radius 3 is 2.39 bits per heavy atom. The zero-order chi connectivity index (χ0) is 16.2. The van der Waals surface area contributed by atoms with Crippen molar-refractivity contribution >= 4 is 5.97 Å². The van der Waals surface area contributed by atoms with Gasteiger partial charge in [-0.15, -0.1) is 0 Å². The van der Waals surface area contributed by atoms with E-state index < -0.39 is 5.97 Å². The third-order valence-electron chi connectivity index (χ3n) is 3.46. The molecule has 0 aliphatic heterocycles. The van der Waals surface area contributed by atoms with Gasteiger partial charge in [0.05, 0.1) is 11.3 Å². The van der Waals surface area contributed by atoms with E-state index in [0.29, 0.717) is 5.56 Å². The van der Waals surface area contributed by atoms with E-state index in [-0.39, 0.29) is 12.4 Å². The fourth-order valence-electron chi connectivity index (χ4n) is 2.19. The van der Waals surface area contributed by atoms with Gasteiger partial charge >= 0.3 is 5.97 Å². The lowest BCUT2D eigenvalue weighted by molar-refractivity contribution is 0.0472. The van der Waals surface area contributed by atoms with Crippen LogP contribution in [0, 0.1) is 12.7 Å². The molecule has 23 heavy (non-hydrogen) atoms. The molecule has 1 aromatic heterocycles. The molecule has 4 nitrogen and oxygen atoms in total. The Morgan fingerprint density at radius 1 is 1.09 bits per heavy atom. The molecule has 2 aromatic carbocycles. The number of esters is 1. The van der Waals surface area contributed by atoms with Crippen LogP contribution in [0.3, 0.4) is 0 Å². The summed E-state index contributed by atoms with van der Waals surface area (Å²) in [5.41, 5.74) is 3.09. The maximum Gasteiger partial charge on any atom is 0.338 e. The molecule has 0 saturated carbocycles. The van der Waals surface area contributed by atoms with Crippen molar-refractivity contribution in [2.75, 3.05) is 0 Å². The van der Waals surface area contributed by atoms with Crippen molar-refractivity contribution in [1.29, 1.82) is 0 Å². The molecule has 3 rings (SSSR count). The van der Waals surface area contributed by atoms with Crippen LogP contribution in [0.4, 0.5) is 4.39 Å². The van der Waals surface area contributed by atoms with Crippen molar-refractivity contribution in [3.63, 3.8) is 0 Å². The Morgan fingerprint density at radius 2 is 1.78 bits per heavy atom. The number of carbonyl (C=O) groups is 1. The van der Waals surface area contributed by atoms with Crippen LogP contribution in [-0.4, -0.2) is 15.7 Å². The number of benzene rings is 2. The highest BCUT2D eigenvalue weighted by atomic mass is 19.1. The average molecular weight is 310 g/mol. The molecule has 0 saturated heterocycles. The summed E-state index contributed by atoms with van der Waals surface area (Å²) < 4.78 is 19.8. The van der Waals surface area contributed by atoms with E-state index in [0.717, 1.165) is 16.9 Å². The first-order valence-electron chi connectivity index (χ1n) is 7.16. The van der Waals surface area contributed by atoms with Gasteiger partial charge in [-0.2, -0.15) is 5.10 Å². The molecule has 0 amide bonds. The molecular formula is C18H15FN2O2. The Balaban J connectivity index is 1.66. The van der Waals surface area contributed by atoms with E-state index in [1.54, 1.807) is 35.1 Å². The molecule has 0 aliphatic carbocycles. The van der Waals surface area contributed by atoms with Crippen molar-refractivity contribution in [3.05, 3.63) is 83.4 Å². The fraction of sp³-hybridized carbons (Fsp3) is 0.111. The second-order valence-electron chi connectivity index (χ2n) is 5.13. The van der Waals surface area contributed by atoms with Crippen LogP contribution in [0.2, 0.25) is 0 Å². The maximum atomic E-state index is 12.8. The van der Waals surface area contributed by atoms with Gasteiger partial charge in [-0.05, 0) is 55.0 Å². The van der Waals surface area contributed by atoms with E-state index in [2.05, 4.69) is 5.10 Å². The monoisotopic (exact) mass is 310 g/mol. The van der Waals surface area contributed by atoms with Gasteiger partial charge in [0.25, 0.3) is 0 Å². The fourth-order valence-corrected chi connectivity index (χ4v) is 2.19. The lowest BCUT2D eigenvalue weighted by atomic mass is 10.2. The van der Waals surface area contributed by atoms with Gasteiger partial charge in [-0.25, -0.2) is 13.9 Å². The molecule has 0 radical (unpaired) electrons. The van der Waals surface area contributed by atoms with E-state index in [1.165, 1.54) is 12.1 Å². The summed E-state index contributed by atoms with van der Waals surface area (Å²) in [6, 6.07) is 14.8. The molecule has 5 heteroatoms. The second-order valence-corrected chi connectivity index (χ2v) is 5.13. The summed E-state index contributed by atoms with van der Waals surface area (Å²) in [6.45, 7) is 2.07. The maximum absolute atomic E-state index is 12.8. The predicted molar refractivity (Wildman–Crippen MR) is 83.8 cm³/mol. The standard InChI is InChI=1S/C18H15FN2O2/c1-13-10-11-20-21(13)17-8-4-15(5-9-17)18(22)23-12-14-2-6-16(19)7-3-14/h2-11H,12H2,1H3. The summed E-state index contributed by atoms with van der Waals surface area (Å²) in [6.07, 6.45) is 1.72. The molecule has 116 valence electrons. The normalized spacial score (nSPS) is 10.5. The molecule has 0 N–H and O–H groups in total. The predicted octanol–water partition coefficient (Wildman–Crippen LogP) is 3.68.